The molecule has 0 unspecified atom stereocenters. The van der Waals surface area contributed by atoms with Gasteiger partial charge in [0, 0.05) is 20.2 Å². The van der Waals surface area contributed by atoms with Crippen LogP contribution in [-0.4, -0.2) is 20.7 Å². The van der Waals surface area contributed by atoms with Crippen LogP contribution in [0.2, 0.25) is 10.0 Å². The molecule has 0 fully saturated rings. The number of amides is 1. The maximum atomic E-state index is 12.8. The van der Waals surface area contributed by atoms with Crippen molar-refractivity contribution in [3.63, 3.8) is 0 Å². The smallest absolute Gasteiger partial charge is 0.295 e. The SMILES string of the molecule is O=C(Nc1ccc(Cl)c(Cl)c1)c1nc(-c2ccc(Br)cc2)n(-c2ccc(Br)cc2)n1. The maximum Gasteiger partial charge on any atom is 0.295 e. The van der Waals surface area contributed by atoms with E-state index in [2.05, 4.69) is 47.3 Å². The van der Waals surface area contributed by atoms with Gasteiger partial charge >= 0.3 is 0 Å². The van der Waals surface area contributed by atoms with Gasteiger partial charge in [-0.2, -0.15) is 0 Å². The first kappa shape index (κ1) is 21.1. The highest BCUT2D eigenvalue weighted by molar-refractivity contribution is 9.10. The standard InChI is InChI=1S/C21H12Br2Cl2N4O/c22-13-3-1-12(2-4-13)20-27-19(28-29(20)16-8-5-14(23)6-9-16)21(30)26-15-7-10-17(24)18(25)11-15/h1-11H,(H,26,30). The Bertz CT molecular complexity index is 1160. The fraction of sp³-hybridized carbons (Fsp3) is 0. The summed E-state index contributed by atoms with van der Waals surface area (Å²) in [6, 6.07) is 20.1. The zero-order valence-corrected chi connectivity index (χ0v) is 19.8. The van der Waals surface area contributed by atoms with E-state index in [0.717, 1.165) is 20.2 Å². The fourth-order valence-electron chi connectivity index (χ4n) is 2.72. The molecule has 0 bridgehead atoms. The molecule has 1 heterocycles. The molecule has 1 aromatic heterocycles. The lowest BCUT2D eigenvalue weighted by atomic mass is 10.2. The number of nitrogens with zero attached hydrogens (tertiary/aromatic N) is 3. The van der Waals surface area contributed by atoms with Crippen molar-refractivity contribution in [2.75, 3.05) is 5.32 Å². The lowest BCUT2D eigenvalue weighted by Crippen LogP contribution is -2.14. The first-order valence-electron chi connectivity index (χ1n) is 8.66. The normalized spacial score (nSPS) is 10.8. The van der Waals surface area contributed by atoms with E-state index in [-0.39, 0.29) is 5.82 Å². The van der Waals surface area contributed by atoms with Crippen LogP contribution < -0.4 is 5.32 Å². The summed E-state index contributed by atoms with van der Waals surface area (Å²) in [5.74, 6) is 0.119. The Labute approximate surface area is 199 Å². The van der Waals surface area contributed by atoms with Gasteiger partial charge in [0.05, 0.1) is 15.7 Å². The van der Waals surface area contributed by atoms with Gasteiger partial charge < -0.3 is 5.32 Å². The Kier molecular flexibility index (Phi) is 6.24. The highest BCUT2D eigenvalue weighted by atomic mass is 79.9. The van der Waals surface area contributed by atoms with Crippen LogP contribution in [0, 0.1) is 0 Å². The second kappa shape index (κ2) is 8.89. The summed E-state index contributed by atoms with van der Waals surface area (Å²) in [7, 11) is 0. The summed E-state index contributed by atoms with van der Waals surface area (Å²) in [6.07, 6.45) is 0. The number of benzene rings is 3. The highest BCUT2D eigenvalue weighted by Crippen LogP contribution is 2.26. The summed E-state index contributed by atoms with van der Waals surface area (Å²) < 4.78 is 3.52. The zero-order chi connectivity index (χ0) is 21.3. The Hall–Kier alpha value is -2.19. The lowest BCUT2D eigenvalue weighted by molar-refractivity contribution is 0.101. The molecule has 0 radical (unpaired) electrons. The largest absolute Gasteiger partial charge is 0.319 e. The van der Waals surface area contributed by atoms with Gasteiger partial charge in [-0.3, -0.25) is 4.79 Å². The van der Waals surface area contributed by atoms with E-state index in [9.17, 15) is 4.79 Å². The fourth-order valence-corrected chi connectivity index (χ4v) is 3.54. The molecule has 3 aromatic carbocycles. The third-order valence-corrected chi connectivity index (χ3v) is 5.96. The number of anilines is 1. The quantitative estimate of drug-likeness (QED) is 0.289. The minimum Gasteiger partial charge on any atom is -0.319 e. The molecule has 5 nitrogen and oxygen atoms in total. The molecule has 4 aromatic rings. The average molecular weight is 567 g/mol. The minimum atomic E-state index is -0.456. The number of rotatable bonds is 4. The third-order valence-electron chi connectivity index (χ3n) is 4.16. The minimum absolute atomic E-state index is 0.0295. The van der Waals surface area contributed by atoms with Crippen molar-refractivity contribution >= 4 is 66.7 Å². The second-order valence-electron chi connectivity index (χ2n) is 6.24. The van der Waals surface area contributed by atoms with E-state index >= 15 is 0 Å². The number of hydrogen-bond donors (Lipinski definition) is 1. The summed E-state index contributed by atoms with van der Waals surface area (Å²) in [5, 5.41) is 7.96. The van der Waals surface area contributed by atoms with Crippen LogP contribution in [-0.2, 0) is 0 Å². The van der Waals surface area contributed by atoms with Crippen molar-refractivity contribution in [2.24, 2.45) is 0 Å². The monoisotopic (exact) mass is 564 g/mol. The predicted octanol–water partition coefficient (Wildman–Crippen LogP) is 7.02. The number of nitrogens with one attached hydrogen (secondary N) is 1. The van der Waals surface area contributed by atoms with Gasteiger partial charge in [0.2, 0.25) is 5.82 Å². The van der Waals surface area contributed by atoms with Gasteiger partial charge in [-0.25, -0.2) is 9.67 Å². The number of aromatic nitrogens is 3. The summed E-state index contributed by atoms with van der Waals surface area (Å²) in [4.78, 5) is 17.3. The Morgan fingerprint density at radius 1 is 0.867 bits per heavy atom. The molecule has 1 N–H and O–H groups in total. The molecule has 0 saturated carbocycles. The Morgan fingerprint density at radius 3 is 2.13 bits per heavy atom. The van der Waals surface area contributed by atoms with Gasteiger partial charge in [0.1, 0.15) is 0 Å². The molecule has 0 spiro atoms. The number of halogens is 4. The molecule has 0 aliphatic rings. The van der Waals surface area contributed by atoms with Crippen LogP contribution in [0.1, 0.15) is 10.6 Å². The van der Waals surface area contributed by atoms with Gasteiger partial charge in [-0.1, -0.05) is 67.2 Å². The molecular formula is C21H12Br2Cl2N4O. The maximum absolute atomic E-state index is 12.8. The van der Waals surface area contributed by atoms with E-state index in [0.29, 0.717) is 21.6 Å². The topological polar surface area (TPSA) is 59.8 Å². The highest BCUT2D eigenvalue weighted by Gasteiger charge is 2.19. The van der Waals surface area contributed by atoms with E-state index in [1.165, 1.54) is 0 Å². The van der Waals surface area contributed by atoms with Crippen LogP contribution >= 0.6 is 55.1 Å². The van der Waals surface area contributed by atoms with Gasteiger partial charge in [-0.15, -0.1) is 5.10 Å². The summed E-state index contributed by atoms with van der Waals surface area (Å²) >= 11 is 18.8. The van der Waals surface area contributed by atoms with Crippen molar-refractivity contribution in [3.8, 4) is 17.1 Å². The molecule has 1 amide bonds. The predicted molar refractivity (Wildman–Crippen MR) is 127 cm³/mol. The molecule has 0 aliphatic heterocycles. The van der Waals surface area contributed by atoms with E-state index < -0.39 is 5.91 Å². The Morgan fingerprint density at radius 2 is 1.50 bits per heavy atom. The number of hydrogen-bond acceptors (Lipinski definition) is 3. The van der Waals surface area contributed by atoms with Crippen molar-refractivity contribution < 1.29 is 4.79 Å². The third kappa shape index (κ3) is 4.59. The van der Waals surface area contributed by atoms with Crippen molar-refractivity contribution in [1.29, 1.82) is 0 Å². The molecule has 150 valence electrons. The number of carbonyl (C=O) groups is 1. The first-order chi connectivity index (χ1) is 14.4. The molecule has 30 heavy (non-hydrogen) atoms. The van der Waals surface area contributed by atoms with Gasteiger partial charge in [0.15, 0.2) is 5.82 Å². The molecule has 9 heteroatoms. The van der Waals surface area contributed by atoms with E-state index in [1.54, 1.807) is 22.9 Å². The van der Waals surface area contributed by atoms with Crippen molar-refractivity contribution in [2.45, 2.75) is 0 Å². The molecule has 4 rings (SSSR count). The average Bonchev–Trinajstić information content (AvgIpc) is 3.17. The zero-order valence-electron chi connectivity index (χ0n) is 15.1. The van der Waals surface area contributed by atoms with Gasteiger partial charge in [0.25, 0.3) is 5.91 Å². The molecule has 0 atom stereocenters. The van der Waals surface area contributed by atoms with Crippen LogP contribution in [0.5, 0.6) is 0 Å². The van der Waals surface area contributed by atoms with Crippen LogP contribution in [0.15, 0.2) is 75.7 Å². The summed E-state index contributed by atoms with van der Waals surface area (Å²) in [5.41, 5.74) is 2.10. The van der Waals surface area contributed by atoms with Crippen LogP contribution in [0.3, 0.4) is 0 Å². The van der Waals surface area contributed by atoms with Crippen molar-refractivity contribution in [3.05, 3.63) is 91.5 Å². The van der Waals surface area contributed by atoms with Crippen LogP contribution in [0.4, 0.5) is 5.69 Å². The molecular weight excluding hydrogens is 555 g/mol. The van der Waals surface area contributed by atoms with E-state index in [1.807, 2.05) is 48.5 Å². The van der Waals surface area contributed by atoms with E-state index in [4.69, 9.17) is 23.2 Å². The van der Waals surface area contributed by atoms with Gasteiger partial charge in [-0.05, 0) is 54.6 Å². The first-order valence-corrected chi connectivity index (χ1v) is 11.0. The lowest BCUT2D eigenvalue weighted by Gasteiger charge is -2.06. The molecule has 0 aliphatic carbocycles. The van der Waals surface area contributed by atoms with Crippen molar-refractivity contribution in [1.82, 2.24) is 14.8 Å². The summed E-state index contributed by atoms with van der Waals surface area (Å²) in [6.45, 7) is 0. The molecule has 0 saturated heterocycles. The Balaban J connectivity index is 1.74. The second-order valence-corrected chi connectivity index (χ2v) is 8.88. The van der Waals surface area contributed by atoms with Crippen LogP contribution in [0.25, 0.3) is 17.1 Å². The number of carbonyl (C=O) groups excluding carboxylic acids is 1.